The molecule has 1 amide bonds. The Labute approximate surface area is 123 Å². The van der Waals surface area contributed by atoms with Gasteiger partial charge in [-0.1, -0.05) is 5.92 Å². The van der Waals surface area contributed by atoms with Crippen LogP contribution < -0.4 is 10.6 Å². The Kier molecular flexibility index (Phi) is 2.76. The van der Waals surface area contributed by atoms with Gasteiger partial charge in [0.1, 0.15) is 0 Å². The molecule has 0 saturated carbocycles. The molecule has 21 heavy (non-hydrogen) atoms. The van der Waals surface area contributed by atoms with Crippen LogP contribution in [-0.2, 0) is 0 Å². The molecule has 2 bridgehead atoms. The molecule has 0 spiro atoms. The van der Waals surface area contributed by atoms with E-state index < -0.39 is 0 Å². The Hall–Kier alpha value is -2.25. The number of carbonyl (C=O) groups excluding carboxylic acids is 1. The molecule has 3 atom stereocenters. The van der Waals surface area contributed by atoms with Gasteiger partial charge >= 0.3 is 0 Å². The molecule has 2 aromatic rings. The number of hydrogen-bond donors (Lipinski definition) is 2. The van der Waals surface area contributed by atoms with E-state index in [1.807, 2.05) is 35.0 Å². The first-order valence-electron chi connectivity index (χ1n) is 7.39. The van der Waals surface area contributed by atoms with Crippen LogP contribution >= 0.6 is 0 Å². The van der Waals surface area contributed by atoms with Crippen molar-refractivity contribution in [2.75, 3.05) is 0 Å². The van der Waals surface area contributed by atoms with Crippen LogP contribution in [0.5, 0.6) is 0 Å². The molecule has 0 aromatic carbocycles. The maximum Gasteiger partial charge on any atom is 0.251 e. The summed E-state index contributed by atoms with van der Waals surface area (Å²) in [7, 11) is 0. The molecule has 2 aromatic heterocycles. The number of terminal acetylenes is 1. The molecule has 4 heterocycles. The van der Waals surface area contributed by atoms with E-state index in [2.05, 4.69) is 16.6 Å². The highest BCUT2D eigenvalue weighted by molar-refractivity contribution is 5.95. The second-order valence-corrected chi connectivity index (χ2v) is 5.94. The van der Waals surface area contributed by atoms with Crippen LogP contribution in [0.3, 0.4) is 0 Å². The van der Waals surface area contributed by atoms with Gasteiger partial charge in [-0.2, -0.15) is 0 Å². The van der Waals surface area contributed by atoms with Gasteiger partial charge in [0.2, 0.25) is 0 Å². The normalized spacial score (nSPS) is 26.9. The first-order valence-corrected chi connectivity index (χ1v) is 7.39. The predicted molar refractivity (Wildman–Crippen MR) is 81.1 cm³/mol. The maximum atomic E-state index is 12.4. The zero-order chi connectivity index (χ0) is 14.4. The lowest BCUT2D eigenvalue weighted by atomic mass is 9.95. The van der Waals surface area contributed by atoms with E-state index >= 15 is 0 Å². The van der Waals surface area contributed by atoms with Crippen molar-refractivity contribution in [3.63, 3.8) is 0 Å². The summed E-state index contributed by atoms with van der Waals surface area (Å²) in [5.74, 6) is 2.64. The number of fused-ring (bicyclic) bond motifs is 3. The second-order valence-electron chi connectivity index (χ2n) is 5.94. The minimum Gasteiger partial charge on any atom is -0.348 e. The zero-order valence-corrected chi connectivity index (χ0v) is 11.7. The van der Waals surface area contributed by atoms with E-state index in [1.54, 1.807) is 0 Å². The number of aromatic nitrogens is 1. The highest BCUT2D eigenvalue weighted by Gasteiger charge is 2.39. The highest BCUT2D eigenvalue weighted by Crippen LogP contribution is 2.28. The number of rotatable bonds is 2. The number of nitrogens with zero attached hydrogens (tertiary/aromatic N) is 1. The molecule has 2 saturated heterocycles. The van der Waals surface area contributed by atoms with Gasteiger partial charge in [-0.15, -0.1) is 6.42 Å². The molecular weight excluding hydrogens is 262 g/mol. The Morgan fingerprint density at radius 1 is 1.38 bits per heavy atom. The molecule has 2 fully saturated rings. The van der Waals surface area contributed by atoms with Crippen LogP contribution in [-0.4, -0.2) is 28.4 Å². The molecular formula is C17H17N3O. The minimum absolute atomic E-state index is 0.0129. The quantitative estimate of drug-likeness (QED) is 0.819. The topological polar surface area (TPSA) is 45.5 Å². The highest BCUT2D eigenvalue weighted by atomic mass is 16.1. The van der Waals surface area contributed by atoms with Gasteiger partial charge in [-0.25, -0.2) is 0 Å². The monoisotopic (exact) mass is 279 g/mol. The van der Waals surface area contributed by atoms with Crippen LogP contribution in [0.25, 0.3) is 5.52 Å². The van der Waals surface area contributed by atoms with E-state index in [1.165, 1.54) is 6.42 Å². The molecule has 4 nitrogen and oxygen atoms in total. The minimum atomic E-state index is -0.0129. The Morgan fingerprint density at radius 3 is 2.95 bits per heavy atom. The third-order valence-corrected chi connectivity index (χ3v) is 4.70. The lowest BCUT2D eigenvalue weighted by Gasteiger charge is -2.21. The van der Waals surface area contributed by atoms with Crippen LogP contribution in [0.4, 0.5) is 0 Å². The summed E-state index contributed by atoms with van der Waals surface area (Å²) in [6.07, 6.45) is 12.7. The maximum absolute atomic E-state index is 12.4. The molecule has 0 aliphatic carbocycles. The molecule has 4 heteroatoms. The standard InChI is InChI=1S/C17H17N3O/c1-2-11-5-7-20-8-6-12(9-16(11)20)17(21)19-15-10-13-3-4-14(15)18-13/h1,5-9,13-15,18H,3-4,10H2,(H,19,21). The molecule has 106 valence electrons. The van der Waals surface area contributed by atoms with Crippen LogP contribution in [0.15, 0.2) is 30.6 Å². The lowest BCUT2D eigenvalue weighted by Crippen LogP contribution is -2.42. The van der Waals surface area contributed by atoms with Crippen LogP contribution in [0.2, 0.25) is 0 Å². The van der Waals surface area contributed by atoms with E-state index in [0.29, 0.717) is 17.6 Å². The van der Waals surface area contributed by atoms with Crippen molar-refractivity contribution >= 4 is 11.4 Å². The van der Waals surface area contributed by atoms with Gasteiger partial charge < -0.3 is 15.0 Å². The number of carbonyl (C=O) groups is 1. The molecule has 2 N–H and O–H groups in total. The van der Waals surface area contributed by atoms with Crippen LogP contribution in [0, 0.1) is 12.3 Å². The van der Waals surface area contributed by atoms with E-state index in [0.717, 1.165) is 23.9 Å². The zero-order valence-electron chi connectivity index (χ0n) is 11.7. The van der Waals surface area contributed by atoms with Gasteiger partial charge in [0.25, 0.3) is 5.91 Å². The Balaban J connectivity index is 1.58. The molecule has 2 aliphatic heterocycles. The third kappa shape index (κ3) is 2.01. The molecule has 0 radical (unpaired) electrons. The molecule has 4 rings (SSSR count). The average Bonchev–Trinajstić information content (AvgIpc) is 3.21. The number of nitrogens with one attached hydrogen (secondary N) is 2. The van der Waals surface area contributed by atoms with Crippen molar-refractivity contribution in [1.82, 2.24) is 15.0 Å². The Bertz CT molecular complexity index is 755. The van der Waals surface area contributed by atoms with Crippen LogP contribution in [0.1, 0.15) is 35.2 Å². The van der Waals surface area contributed by atoms with E-state index in [-0.39, 0.29) is 11.9 Å². The van der Waals surface area contributed by atoms with Crippen molar-refractivity contribution in [2.45, 2.75) is 37.4 Å². The Morgan fingerprint density at radius 2 is 2.24 bits per heavy atom. The number of hydrogen-bond acceptors (Lipinski definition) is 2. The van der Waals surface area contributed by atoms with Crippen molar-refractivity contribution in [2.24, 2.45) is 0 Å². The van der Waals surface area contributed by atoms with E-state index in [4.69, 9.17) is 6.42 Å². The van der Waals surface area contributed by atoms with Crippen molar-refractivity contribution in [1.29, 1.82) is 0 Å². The largest absolute Gasteiger partial charge is 0.348 e. The molecule has 3 unspecified atom stereocenters. The smallest absolute Gasteiger partial charge is 0.251 e. The number of pyridine rings is 1. The second kappa shape index (κ2) is 4.64. The van der Waals surface area contributed by atoms with Crippen molar-refractivity contribution in [3.8, 4) is 12.3 Å². The van der Waals surface area contributed by atoms with Crippen molar-refractivity contribution < 1.29 is 4.79 Å². The SMILES string of the molecule is C#Cc1ccn2ccc(C(=O)NC3CC4CCC3N4)cc12. The summed E-state index contributed by atoms with van der Waals surface area (Å²) >= 11 is 0. The third-order valence-electron chi connectivity index (χ3n) is 4.70. The van der Waals surface area contributed by atoms with E-state index in [9.17, 15) is 4.79 Å². The van der Waals surface area contributed by atoms with Gasteiger partial charge in [0.05, 0.1) is 5.52 Å². The van der Waals surface area contributed by atoms with Gasteiger partial charge in [0, 0.05) is 41.6 Å². The summed E-state index contributed by atoms with van der Waals surface area (Å²) in [5, 5.41) is 6.69. The number of amides is 1. The fourth-order valence-corrected chi connectivity index (χ4v) is 3.60. The first kappa shape index (κ1) is 12.5. The average molecular weight is 279 g/mol. The van der Waals surface area contributed by atoms with Crippen molar-refractivity contribution in [3.05, 3.63) is 41.7 Å². The van der Waals surface area contributed by atoms with Gasteiger partial charge in [-0.05, 0) is 37.5 Å². The molecule has 2 aliphatic rings. The first-order chi connectivity index (χ1) is 10.2. The summed E-state index contributed by atoms with van der Waals surface area (Å²) in [6.45, 7) is 0. The fourth-order valence-electron chi connectivity index (χ4n) is 3.60. The van der Waals surface area contributed by atoms with Gasteiger partial charge in [-0.3, -0.25) is 4.79 Å². The summed E-state index contributed by atoms with van der Waals surface area (Å²) in [5.41, 5.74) is 2.38. The summed E-state index contributed by atoms with van der Waals surface area (Å²) in [6, 6.07) is 6.87. The summed E-state index contributed by atoms with van der Waals surface area (Å²) in [4.78, 5) is 12.4. The predicted octanol–water partition coefficient (Wildman–Crippen LogP) is 1.54. The lowest BCUT2D eigenvalue weighted by molar-refractivity contribution is 0.0931. The fraction of sp³-hybridized carbons (Fsp3) is 0.353. The summed E-state index contributed by atoms with van der Waals surface area (Å²) < 4.78 is 1.94. The van der Waals surface area contributed by atoms with Gasteiger partial charge in [0.15, 0.2) is 0 Å².